The average molecular weight is 603 g/mol. The topological polar surface area (TPSA) is 109 Å². The van der Waals surface area contributed by atoms with E-state index in [2.05, 4.69) is 6.92 Å². The smallest absolute Gasteiger partial charge is 0.305 e. The van der Waals surface area contributed by atoms with Crippen LogP contribution in [0, 0.1) is 0 Å². The molecule has 0 fully saturated rings. The zero-order chi connectivity index (χ0) is 30.0. The third-order valence-corrected chi connectivity index (χ3v) is 5.57. The van der Waals surface area contributed by atoms with Crippen molar-refractivity contribution in [2.75, 3.05) is 119 Å². The van der Waals surface area contributed by atoms with Crippen LogP contribution in [0.25, 0.3) is 0 Å². The zero-order valence-corrected chi connectivity index (χ0v) is 25.6. The van der Waals surface area contributed by atoms with Gasteiger partial charge in [-0.2, -0.15) is 0 Å². The summed E-state index contributed by atoms with van der Waals surface area (Å²) < 4.78 is 54.3. The van der Waals surface area contributed by atoms with Crippen molar-refractivity contribution in [3.63, 3.8) is 0 Å². The Hall–Kier alpha value is -1.83. The lowest BCUT2D eigenvalue weighted by molar-refractivity contribution is -0.145. The highest BCUT2D eigenvalue weighted by Gasteiger charge is 2.02. The molecule has 0 atom stereocenters. The Morgan fingerprint density at radius 2 is 0.857 bits per heavy atom. The van der Waals surface area contributed by atoms with Gasteiger partial charge in [0.1, 0.15) is 19.0 Å². The first kappa shape index (κ1) is 38.2. The van der Waals surface area contributed by atoms with Gasteiger partial charge in [-0.1, -0.05) is 44.4 Å². The van der Waals surface area contributed by atoms with Crippen molar-refractivity contribution in [3.05, 3.63) is 30.3 Å². The molecule has 1 aromatic carbocycles. The van der Waals surface area contributed by atoms with Gasteiger partial charge in [0.2, 0.25) is 0 Å². The summed E-state index contributed by atoms with van der Waals surface area (Å²) in [6.07, 6.45) is 4.77. The van der Waals surface area contributed by atoms with Gasteiger partial charge in [-0.3, -0.25) is 4.79 Å². The van der Waals surface area contributed by atoms with Crippen LogP contribution in [0.15, 0.2) is 30.3 Å². The van der Waals surface area contributed by atoms with Crippen molar-refractivity contribution in [2.24, 2.45) is 0 Å². The first-order chi connectivity index (χ1) is 20.8. The monoisotopic (exact) mass is 602 g/mol. The number of esters is 1. The van der Waals surface area contributed by atoms with Crippen LogP contribution in [0.3, 0.4) is 0 Å². The minimum atomic E-state index is -0.150. The molecule has 0 radical (unpaired) electrons. The molecule has 0 unspecified atom stereocenters. The molecule has 0 bridgehead atoms. The number of carbonyl (C=O) groups excluding carboxylic acids is 1. The molecule has 0 heterocycles. The molecular weight excluding hydrogens is 548 g/mol. The number of rotatable bonds is 33. The van der Waals surface area contributed by atoms with E-state index < -0.39 is 0 Å². The molecular formula is C31H54O11. The van der Waals surface area contributed by atoms with Gasteiger partial charge in [0, 0.05) is 6.42 Å². The first-order valence-corrected chi connectivity index (χ1v) is 15.3. The minimum Gasteiger partial charge on any atom is -0.491 e. The lowest BCUT2D eigenvalue weighted by atomic mass is 10.2. The molecule has 244 valence electrons. The van der Waals surface area contributed by atoms with E-state index in [9.17, 15) is 4.79 Å². The standard InChI is InChI=1S/C31H54O11/c1-2-3-4-8-11-31(32)42-29-27-40-25-23-38-21-19-36-17-15-34-13-12-33-14-16-35-18-20-37-22-24-39-26-28-41-30-9-6-5-7-10-30/h5-7,9-10H,2-4,8,11-29H2,1H3. The normalized spacial score (nSPS) is 11.2. The summed E-state index contributed by atoms with van der Waals surface area (Å²) in [7, 11) is 0. The Morgan fingerprint density at radius 1 is 0.476 bits per heavy atom. The van der Waals surface area contributed by atoms with Crippen LogP contribution in [0.2, 0.25) is 0 Å². The fourth-order valence-electron chi connectivity index (χ4n) is 3.36. The van der Waals surface area contributed by atoms with E-state index in [-0.39, 0.29) is 12.6 Å². The second kappa shape index (κ2) is 32.1. The summed E-state index contributed by atoms with van der Waals surface area (Å²) in [5, 5.41) is 0. The highest BCUT2D eigenvalue weighted by atomic mass is 16.6. The second-order valence-electron chi connectivity index (χ2n) is 9.09. The van der Waals surface area contributed by atoms with Gasteiger partial charge in [0.25, 0.3) is 0 Å². The molecule has 0 aliphatic rings. The number of hydrogen-bond acceptors (Lipinski definition) is 11. The predicted molar refractivity (Wildman–Crippen MR) is 158 cm³/mol. The molecule has 0 spiro atoms. The number of carbonyl (C=O) groups is 1. The SMILES string of the molecule is CCCCCCC(=O)OCCOCCOCCOCCOCCOCCOCCOCCOCCOc1ccccc1. The average Bonchev–Trinajstić information content (AvgIpc) is 3.01. The van der Waals surface area contributed by atoms with Crippen molar-refractivity contribution in [1.29, 1.82) is 0 Å². The van der Waals surface area contributed by atoms with E-state index >= 15 is 0 Å². The van der Waals surface area contributed by atoms with Crippen molar-refractivity contribution in [3.8, 4) is 5.75 Å². The Labute approximate surface area is 252 Å². The number of unbranched alkanes of at least 4 members (excludes halogenated alkanes) is 3. The summed E-state index contributed by atoms with van der Waals surface area (Å²) >= 11 is 0. The maximum absolute atomic E-state index is 11.5. The molecule has 42 heavy (non-hydrogen) atoms. The van der Waals surface area contributed by atoms with E-state index in [1.54, 1.807) is 0 Å². The van der Waals surface area contributed by atoms with E-state index in [4.69, 9.17) is 47.4 Å². The van der Waals surface area contributed by atoms with Crippen LogP contribution in [-0.4, -0.2) is 125 Å². The Balaban J connectivity index is 1.64. The molecule has 0 amide bonds. The van der Waals surface area contributed by atoms with Gasteiger partial charge < -0.3 is 47.4 Å². The van der Waals surface area contributed by atoms with Gasteiger partial charge in [0.15, 0.2) is 0 Å². The predicted octanol–water partition coefficient (Wildman–Crippen LogP) is 3.71. The third-order valence-electron chi connectivity index (χ3n) is 5.57. The Bertz CT molecular complexity index is 678. The maximum Gasteiger partial charge on any atom is 0.305 e. The quantitative estimate of drug-likeness (QED) is 0.0868. The Kier molecular flexibility index (Phi) is 29.2. The van der Waals surface area contributed by atoms with Gasteiger partial charge in [-0.25, -0.2) is 0 Å². The van der Waals surface area contributed by atoms with Crippen molar-refractivity contribution in [2.45, 2.75) is 39.0 Å². The fraction of sp³-hybridized carbons (Fsp3) is 0.774. The molecule has 0 saturated heterocycles. The van der Waals surface area contributed by atoms with E-state index in [0.29, 0.717) is 119 Å². The molecule has 0 aliphatic heterocycles. The fourth-order valence-corrected chi connectivity index (χ4v) is 3.36. The van der Waals surface area contributed by atoms with E-state index in [1.165, 1.54) is 0 Å². The molecule has 0 saturated carbocycles. The van der Waals surface area contributed by atoms with Crippen molar-refractivity contribution < 1.29 is 52.2 Å². The lowest BCUT2D eigenvalue weighted by Crippen LogP contribution is -2.15. The van der Waals surface area contributed by atoms with Gasteiger partial charge in [-0.05, 0) is 18.6 Å². The van der Waals surface area contributed by atoms with Crippen molar-refractivity contribution in [1.82, 2.24) is 0 Å². The summed E-state index contributed by atoms with van der Waals surface area (Å²) in [6.45, 7) is 10.9. The third kappa shape index (κ3) is 28.3. The molecule has 0 aromatic heterocycles. The highest BCUT2D eigenvalue weighted by Crippen LogP contribution is 2.07. The molecule has 0 N–H and O–H groups in total. The maximum atomic E-state index is 11.5. The van der Waals surface area contributed by atoms with E-state index in [0.717, 1.165) is 31.4 Å². The number of ether oxygens (including phenoxy) is 10. The molecule has 1 aromatic rings. The Morgan fingerprint density at radius 3 is 1.26 bits per heavy atom. The van der Waals surface area contributed by atoms with Crippen LogP contribution < -0.4 is 4.74 Å². The van der Waals surface area contributed by atoms with Crippen LogP contribution in [0.5, 0.6) is 5.75 Å². The zero-order valence-electron chi connectivity index (χ0n) is 25.6. The molecule has 11 nitrogen and oxygen atoms in total. The van der Waals surface area contributed by atoms with Crippen LogP contribution in [-0.2, 0) is 47.4 Å². The lowest BCUT2D eigenvalue weighted by Gasteiger charge is -2.09. The molecule has 0 aliphatic carbocycles. The summed E-state index contributed by atoms with van der Waals surface area (Å²) in [6, 6.07) is 9.66. The van der Waals surface area contributed by atoms with E-state index in [1.807, 2.05) is 30.3 Å². The van der Waals surface area contributed by atoms with Crippen LogP contribution >= 0.6 is 0 Å². The van der Waals surface area contributed by atoms with Crippen LogP contribution in [0.1, 0.15) is 39.0 Å². The minimum absolute atomic E-state index is 0.150. The summed E-state index contributed by atoms with van der Waals surface area (Å²) in [5.41, 5.74) is 0. The molecule has 1 rings (SSSR count). The van der Waals surface area contributed by atoms with Crippen LogP contribution in [0.4, 0.5) is 0 Å². The largest absolute Gasteiger partial charge is 0.491 e. The van der Waals surface area contributed by atoms with Gasteiger partial charge in [0.05, 0.1) is 106 Å². The molecule has 11 heteroatoms. The van der Waals surface area contributed by atoms with Crippen molar-refractivity contribution >= 4 is 5.97 Å². The summed E-state index contributed by atoms with van der Waals surface area (Å²) in [4.78, 5) is 11.5. The number of benzene rings is 1. The summed E-state index contributed by atoms with van der Waals surface area (Å²) in [5.74, 6) is 0.692. The first-order valence-electron chi connectivity index (χ1n) is 15.3. The number of hydrogen-bond donors (Lipinski definition) is 0. The van der Waals surface area contributed by atoms with Gasteiger partial charge in [-0.15, -0.1) is 0 Å². The number of para-hydroxylation sites is 1. The van der Waals surface area contributed by atoms with Gasteiger partial charge >= 0.3 is 5.97 Å². The highest BCUT2D eigenvalue weighted by molar-refractivity contribution is 5.69. The second-order valence-corrected chi connectivity index (χ2v) is 9.09.